The van der Waals surface area contributed by atoms with Crippen LogP contribution in [-0.4, -0.2) is 40.5 Å². The second kappa shape index (κ2) is 5.38. The summed E-state index contributed by atoms with van der Waals surface area (Å²) in [4.78, 5) is 31.4. The molecule has 7 heteroatoms. The van der Waals surface area contributed by atoms with Crippen molar-refractivity contribution in [3.05, 3.63) is 16.1 Å². The van der Waals surface area contributed by atoms with E-state index in [2.05, 4.69) is 20.5 Å². The lowest BCUT2D eigenvalue weighted by Gasteiger charge is -2.39. The molecule has 2 fully saturated rings. The Labute approximate surface area is 127 Å². The van der Waals surface area contributed by atoms with E-state index in [0.29, 0.717) is 0 Å². The van der Waals surface area contributed by atoms with Crippen LogP contribution in [0, 0.1) is 12.8 Å². The molecular weight excluding hydrogens is 288 g/mol. The van der Waals surface area contributed by atoms with Gasteiger partial charge in [-0.25, -0.2) is 9.78 Å². The number of hydrogen-bond acceptors (Lipinski definition) is 5. The van der Waals surface area contributed by atoms with Crippen LogP contribution in [0.5, 0.6) is 0 Å². The Morgan fingerprint density at radius 1 is 1.52 bits per heavy atom. The smallest absolute Gasteiger partial charge is 0.322 e. The number of urea groups is 1. The summed E-state index contributed by atoms with van der Waals surface area (Å²) in [6.07, 6.45) is 3.93. The van der Waals surface area contributed by atoms with Gasteiger partial charge in [0.25, 0.3) is 5.91 Å². The number of carbonyl (C=O) groups is 2. The molecule has 6 nitrogen and oxygen atoms in total. The summed E-state index contributed by atoms with van der Waals surface area (Å²) in [6.45, 7) is 6.55. The van der Waals surface area contributed by atoms with Crippen LogP contribution in [0.3, 0.4) is 0 Å². The summed E-state index contributed by atoms with van der Waals surface area (Å²) in [5.74, 6) is -0.0558. The second-order valence-electron chi connectivity index (χ2n) is 6.03. The monoisotopic (exact) mass is 308 g/mol. The molecule has 0 bridgehead atoms. The molecule has 0 saturated carbocycles. The first kappa shape index (κ1) is 14.5. The molecule has 3 rings (SSSR count). The van der Waals surface area contributed by atoms with Gasteiger partial charge >= 0.3 is 6.03 Å². The van der Waals surface area contributed by atoms with Gasteiger partial charge in [0.2, 0.25) is 0 Å². The van der Waals surface area contributed by atoms with Gasteiger partial charge in [-0.2, -0.15) is 0 Å². The van der Waals surface area contributed by atoms with Crippen LogP contribution >= 0.6 is 11.3 Å². The number of aromatic nitrogens is 1. The molecule has 2 atom stereocenters. The van der Waals surface area contributed by atoms with Crippen molar-refractivity contribution >= 4 is 23.3 Å². The van der Waals surface area contributed by atoms with Crippen LogP contribution in [0.15, 0.2) is 6.20 Å². The lowest BCUT2D eigenvalue weighted by molar-refractivity contribution is -0.126. The van der Waals surface area contributed by atoms with Gasteiger partial charge in [-0.3, -0.25) is 15.0 Å². The maximum Gasteiger partial charge on any atom is 0.322 e. The van der Waals surface area contributed by atoms with Gasteiger partial charge in [0, 0.05) is 30.1 Å². The predicted molar refractivity (Wildman–Crippen MR) is 79.9 cm³/mol. The van der Waals surface area contributed by atoms with Crippen molar-refractivity contribution in [2.75, 3.05) is 13.1 Å². The number of aryl methyl sites for hydroxylation is 1. The number of imide groups is 1. The molecule has 2 saturated heterocycles. The van der Waals surface area contributed by atoms with E-state index in [9.17, 15) is 9.59 Å². The Hall–Kier alpha value is -1.47. The van der Waals surface area contributed by atoms with Crippen LogP contribution in [0.4, 0.5) is 4.79 Å². The summed E-state index contributed by atoms with van der Waals surface area (Å²) in [7, 11) is 0. The van der Waals surface area contributed by atoms with Crippen molar-refractivity contribution in [1.82, 2.24) is 20.5 Å². The third kappa shape index (κ3) is 2.80. The number of amides is 3. The van der Waals surface area contributed by atoms with E-state index in [1.165, 1.54) is 4.88 Å². The third-order valence-electron chi connectivity index (χ3n) is 4.44. The van der Waals surface area contributed by atoms with Crippen molar-refractivity contribution in [2.45, 2.75) is 38.8 Å². The number of nitrogens with one attached hydrogen (secondary N) is 2. The highest BCUT2D eigenvalue weighted by molar-refractivity contribution is 7.11. The first-order valence-electron chi connectivity index (χ1n) is 7.24. The minimum absolute atomic E-state index is 0.145. The molecule has 0 unspecified atom stereocenters. The topological polar surface area (TPSA) is 74.3 Å². The van der Waals surface area contributed by atoms with E-state index in [1.54, 1.807) is 11.3 Å². The zero-order valence-corrected chi connectivity index (χ0v) is 13.1. The molecular formula is C14H20N4O2S. The molecule has 0 spiro atoms. The number of rotatable bonds is 3. The van der Waals surface area contributed by atoms with E-state index in [4.69, 9.17) is 0 Å². The standard InChI is InChI=1S/C14H20N4O2S/c1-9-15-6-11(21-9)8-18-5-3-4-10(7-18)14(2)12(19)16-13(20)17-14/h6,10H,3-5,7-8H2,1-2H3,(H2,16,17,19,20)/t10-,14+/m1/s1. The normalized spacial score (nSPS) is 30.3. The van der Waals surface area contributed by atoms with Gasteiger partial charge in [0.15, 0.2) is 0 Å². The maximum atomic E-state index is 12.1. The van der Waals surface area contributed by atoms with Gasteiger partial charge in [0.1, 0.15) is 5.54 Å². The zero-order valence-electron chi connectivity index (χ0n) is 12.3. The fraction of sp³-hybridized carbons (Fsp3) is 0.643. The summed E-state index contributed by atoms with van der Waals surface area (Å²) in [5, 5.41) is 6.24. The number of likely N-dealkylation sites (tertiary alicyclic amines) is 1. The van der Waals surface area contributed by atoms with E-state index in [-0.39, 0.29) is 17.9 Å². The van der Waals surface area contributed by atoms with Gasteiger partial charge in [0.05, 0.1) is 5.01 Å². The van der Waals surface area contributed by atoms with E-state index in [0.717, 1.165) is 37.5 Å². The molecule has 3 heterocycles. The number of hydrogen-bond donors (Lipinski definition) is 2. The molecule has 2 aliphatic heterocycles. The Kier molecular flexibility index (Phi) is 3.71. The molecule has 0 aromatic carbocycles. The fourth-order valence-corrected chi connectivity index (χ4v) is 4.05. The number of nitrogens with zero attached hydrogens (tertiary/aromatic N) is 2. The van der Waals surface area contributed by atoms with Gasteiger partial charge in [-0.1, -0.05) is 0 Å². The van der Waals surface area contributed by atoms with Crippen LogP contribution < -0.4 is 10.6 Å². The zero-order chi connectivity index (χ0) is 15.0. The highest BCUT2D eigenvalue weighted by Gasteiger charge is 2.48. The lowest BCUT2D eigenvalue weighted by Crippen LogP contribution is -2.55. The van der Waals surface area contributed by atoms with Crippen LogP contribution in [-0.2, 0) is 11.3 Å². The number of thiazole rings is 1. The molecule has 0 radical (unpaired) electrons. The van der Waals surface area contributed by atoms with Crippen molar-refractivity contribution < 1.29 is 9.59 Å². The highest BCUT2D eigenvalue weighted by Crippen LogP contribution is 2.30. The average molecular weight is 308 g/mol. The largest absolute Gasteiger partial charge is 0.323 e. The fourth-order valence-electron chi connectivity index (χ4n) is 3.21. The molecule has 3 amide bonds. The highest BCUT2D eigenvalue weighted by atomic mass is 32.1. The summed E-state index contributed by atoms with van der Waals surface area (Å²) >= 11 is 1.71. The number of piperidine rings is 1. The summed E-state index contributed by atoms with van der Waals surface area (Å²) in [6, 6.07) is -0.377. The van der Waals surface area contributed by atoms with Crippen molar-refractivity contribution in [1.29, 1.82) is 0 Å². The van der Waals surface area contributed by atoms with Crippen LogP contribution in [0.1, 0.15) is 29.7 Å². The minimum atomic E-state index is -0.778. The van der Waals surface area contributed by atoms with Gasteiger partial charge in [-0.15, -0.1) is 11.3 Å². The van der Waals surface area contributed by atoms with Crippen LogP contribution in [0.2, 0.25) is 0 Å². The first-order valence-corrected chi connectivity index (χ1v) is 8.06. The predicted octanol–water partition coefficient (Wildman–Crippen LogP) is 1.26. The Morgan fingerprint density at radius 3 is 2.95 bits per heavy atom. The summed E-state index contributed by atoms with van der Waals surface area (Å²) < 4.78 is 0. The second-order valence-corrected chi connectivity index (χ2v) is 7.35. The average Bonchev–Trinajstić information content (AvgIpc) is 2.94. The maximum absolute atomic E-state index is 12.1. The van der Waals surface area contributed by atoms with E-state index < -0.39 is 5.54 Å². The number of carbonyl (C=O) groups excluding carboxylic acids is 2. The van der Waals surface area contributed by atoms with Crippen molar-refractivity contribution in [2.24, 2.45) is 5.92 Å². The Balaban J connectivity index is 1.68. The molecule has 1 aromatic rings. The molecule has 0 aliphatic carbocycles. The Morgan fingerprint density at radius 2 is 2.33 bits per heavy atom. The van der Waals surface area contributed by atoms with Gasteiger partial charge in [-0.05, 0) is 33.2 Å². The van der Waals surface area contributed by atoms with Gasteiger partial charge < -0.3 is 5.32 Å². The SMILES string of the molecule is Cc1ncc(CN2CCC[C@@H]([C@]3(C)NC(=O)NC3=O)C2)s1. The van der Waals surface area contributed by atoms with Crippen molar-refractivity contribution in [3.8, 4) is 0 Å². The van der Waals surface area contributed by atoms with E-state index >= 15 is 0 Å². The third-order valence-corrected chi connectivity index (χ3v) is 5.34. The molecule has 2 aliphatic rings. The quantitative estimate of drug-likeness (QED) is 0.825. The van der Waals surface area contributed by atoms with E-state index in [1.807, 2.05) is 20.0 Å². The minimum Gasteiger partial charge on any atom is -0.323 e. The van der Waals surface area contributed by atoms with Crippen LogP contribution in [0.25, 0.3) is 0 Å². The molecule has 1 aromatic heterocycles. The molecule has 21 heavy (non-hydrogen) atoms. The Bertz CT molecular complexity index is 573. The first-order chi connectivity index (χ1) is 9.97. The summed E-state index contributed by atoms with van der Waals surface area (Å²) in [5.41, 5.74) is -0.778. The van der Waals surface area contributed by atoms with Crippen molar-refractivity contribution in [3.63, 3.8) is 0 Å². The molecule has 114 valence electrons. The molecule has 2 N–H and O–H groups in total. The lowest BCUT2D eigenvalue weighted by atomic mass is 9.80.